The van der Waals surface area contributed by atoms with Crippen LogP contribution in [0, 0.1) is 11.7 Å². The highest BCUT2D eigenvalue weighted by atomic mass is 35.5. The number of likely N-dealkylation sites (tertiary alicyclic amines) is 2. The Bertz CT molecular complexity index is 1400. The summed E-state index contributed by atoms with van der Waals surface area (Å²) in [6, 6.07) is 10.3. The lowest BCUT2D eigenvalue weighted by molar-refractivity contribution is -0.117. The van der Waals surface area contributed by atoms with Crippen LogP contribution in [0.2, 0.25) is 5.02 Å². The molecular weight excluding hydrogens is 537 g/mol. The molecule has 2 saturated heterocycles. The van der Waals surface area contributed by atoms with Crippen LogP contribution in [-0.2, 0) is 4.79 Å². The molecule has 0 spiro atoms. The lowest BCUT2D eigenvalue weighted by atomic mass is 9.83. The first-order chi connectivity index (χ1) is 19.3. The summed E-state index contributed by atoms with van der Waals surface area (Å²) in [6.45, 7) is 2.58. The Morgan fingerprint density at radius 3 is 2.75 bits per heavy atom. The Labute approximate surface area is 236 Å². The van der Waals surface area contributed by atoms with Crippen LogP contribution in [0.25, 0.3) is 11.3 Å². The minimum atomic E-state index is -0.478. The number of ether oxygens (including phenoxy) is 1. The number of nitrogens with one attached hydrogen (secondary N) is 2. The number of amides is 1. The molecule has 6 rings (SSSR count). The molecule has 12 heteroatoms. The fourth-order valence-corrected chi connectivity index (χ4v) is 5.85. The molecule has 1 aromatic carbocycles. The lowest BCUT2D eigenvalue weighted by Crippen LogP contribution is -2.47. The summed E-state index contributed by atoms with van der Waals surface area (Å²) >= 11 is 6.10. The Morgan fingerprint density at radius 1 is 1.15 bits per heavy atom. The Morgan fingerprint density at radius 2 is 2.00 bits per heavy atom. The van der Waals surface area contributed by atoms with Crippen LogP contribution in [0.3, 0.4) is 0 Å². The highest BCUT2D eigenvalue weighted by molar-refractivity contribution is 6.30. The second-order valence-electron chi connectivity index (χ2n) is 10.9. The Balaban J connectivity index is 1.18. The van der Waals surface area contributed by atoms with Gasteiger partial charge in [0, 0.05) is 53.7 Å². The molecule has 2 aliphatic heterocycles. The van der Waals surface area contributed by atoms with Crippen molar-refractivity contribution in [2.45, 2.75) is 37.5 Å². The maximum Gasteiger partial charge on any atom is 0.257 e. The summed E-state index contributed by atoms with van der Waals surface area (Å²) in [7, 11) is 2.13. The number of aromatic nitrogens is 3. The summed E-state index contributed by atoms with van der Waals surface area (Å²) < 4.78 is 20.5. The van der Waals surface area contributed by atoms with Gasteiger partial charge in [0.1, 0.15) is 17.3 Å². The smallest absolute Gasteiger partial charge is 0.257 e. The van der Waals surface area contributed by atoms with Gasteiger partial charge in [-0.2, -0.15) is 0 Å². The fraction of sp³-hybridized carbons (Fsp3) is 0.429. The van der Waals surface area contributed by atoms with Crippen molar-refractivity contribution in [3.05, 3.63) is 53.4 Å². The maximum absolute atomic E-state index is 14.6. The van der Waals surface area contributed by atoms with Crippen LogP contribution in [0.15, 0.2) is 42.6 Å². The molecule has 1 saturated carbocycles. The number of benzene rings is 1. The first kappa shape index (κ1) is 26.8. The molecule has 3 N–H and O–H groups in total. The zero-order valence-electron chi connectivity index (χ0n) is 22.1. The minimum absolute atomic E-state index is 0.115. The third-order valence-corrected chi connectivity index (χ3v) is 8.15. The van der Waals surface area contributed by atoms with Crippen molar-refractivity contribution >= 4 is 34.7 Å². The topological polar surface area (TPSA) is 116 Å². The lowest BCUT2D eigenvalue weighted by Gasteiger charge is -2.31. The zero-order chi connectivity index (χ0) is 27.8. The van der Waals surface area contributed by atoms with Crippen molar-refractivity contribution in [1.29, 1.82) is 0 Å². The van der Waals surface area contributed by atoms with E-state index in [0.29, 0.717) is 60.3 Å². The molecule has 210 valence electrons. The molecule has 3 fully saturated rings. The quantitative estimate of drug-likeness (QED) is 0.357. The largest absolute Gasteiger partial charge is 0.475 e. The van der Waals surface area contributed by atoms with Gasteiger partial charge in [0.2, 0.25) is 5.91 Å². The normalized spacial score (nSPS) is 24.1. The number of hydrogen-bond donors (Lipinski definition) is 3. The van der Waals surface area contributed by atoms with Crippen molar-refractivity contribution in [3.63, 3.8) is 0 Å². The van der Waals surface area contributed by atoms with E-state index < -0.39 is 5.82 Å². The van der Waals surface area contributed by atoms with Crippen molar-refractivity contribution in [2.24, 2.45) is 5.92 Å². The summed E-state index contributed by atoms with van der Waals surface area (Å²) in [5.41, 5.74) is 1.58. The van der Waals surface area contributed by atoms with Crippen LogP contribution >= 0.6 is 11.6 Å². The van der Waals surface area contributed by atoms with Gasteiger partial charge >= 0.3 is 0 Å². The van der Waals surface area contributed by atoms with E-state index in [1.54, 1.807) is 24.4 Å². The number of aliphatic hydroxyl groups is 1. The average Bonchev–Trinajstić information content (AvgIpc) is 3.47. The van der Waals surface area contributed by atoms with Gasteiger partial charge in [-0.25, -0.2) is 9.37 Å². The third-order valence-electron chi connectivity index (χ3n) is 7.91. The third kappa shape index (κ3) is 5.87. The molecule has 10 nitrogen and oxygen atoms in total. The molecule has 2 bridgehead atoms. The van der Waals surface area contributed by atoms with Crippen molar-refractivity contribution in [2.75, 3.05) is 43.9 Å². The van der Waals surface area contributed by atoms with E-state index in [0.717, 1.165) is 19.5 Å². The first-order valence-corrected chi connectivity index (χ1v) is 13.8. The van der Waals surface area contributed by atoms with Crippen LogP contribution in [0.4, 0.5) is 21.6 Å². The van der Waals surface area contributed by atoms with Gasteiger partial charge in [0.05, 0.1) is 24.9 Å². The van der Waals surface area contributed by atoms with Crippen LogP contribution in [0.1, 0.15) is 19.3 Å². The van der Waals surface area contributed by atoms with Gasteiger partial charge in [0.15, 0.2) is 0 Å². The van der Waals surface area contributed by atoms with Crippen molar-refractivity contribution in [3.8, 4) is 17.1 Å². The second-order valence-corrected chi connectivity index (χ2v) is 11.3. The first-order valence-electron chi connectivity index (χ1n) is 13.4. The van der Waals surface area contributed by atoms with Crippen LogP contribution in [0.5, 0.6) is 5.88 Å². The fourth-order valence-electron chi connectivity index (χ4n) is 5.68. The van der Waals surface area contributed by atoms with Gasteiger partial charge in [-0.3, -0.25) is 9.69 Å². The van der Waals surface area contributed by atoms with E-state index in [1.807, 2.05) is 0 Å². The summed E-state index contributed by atoms with van der Waals surface area (Å²) in [6.07, 6.45) is 3.75. The molecule has 0 radical (unpaired) electrons. The van der Waals surface area contributed by atoms with Crippen LogP contribution < -0.4 is 15.4 Å². The summed E-state index contributed by atoms with van der Waals surface area (Å²) in [5, 5.41) is 24.5. The number of carbonyl (C=O) groups is 1. The predicted molar refractivity (Wildman–Crippen MR) is 149 cm³/mol. The monoisotopic (exact) mass is 567 g/mol. The van der Waals surface area contributed by atoms with E-state index in [2.05, 4.69) is 42.7 Å². The zero-order valence-corrected chi connectivity index (χ0v) is 22.8. The number of fused-ring (bicyclic) bond motifs is 2. The number of anilines is 3. The van der Waals surface area contributed by atoms with Crippen molar-refractivity contribution < 1.29 is 19.0 Å². The number of halogens is 2. The Kier molecular flexibility index (Phi) is 7.54. The predicted octanol–water partition coefficient (Wildman–Crippen LogP) is 3.55. The molecule has 4 heterocycles. The number of likely N-dealkylation sites (N-methyl/N-ethyl adjacent to an activating group) is 1. The average molecular weight is 568 g/mol. The van der Waals surface area contributed by atoms with Gasteiger partial charge in [-0.15, -0.1) is 10.2 Å². The number of nitrogens with zero attached hydrogens (tertiary/aromatic N) is 5. The molecule has 3 aromatic rings. The SMILES string of the molecule is CN1C[C@@H]2C[C@H]1CN2CC(=O)Nc1cc(Nc2cc(-c3cc(Cl)ccc3F)nnc2OCC2CC(O)C2)ccn1. The molecule has 1 amide bonds. The van der Waals surface area contributed by atoms with Gasteiger partial charge in [0.25, 0.3) is 5.88 Å². The standard InChI is InChI=1S/C28H31ClFN7O3/c1-36-12-20-10-19(36)13-37(20)14-27(39)33-26-9-18(4-5-31-26)32-25-11-24(22-8-17(29)2-3-23(22)30)34-35-28(25)40-15-16-6-21(38)7-16/h2-5,8-9,11,16,19-21,38H,6-7,10,12-15H2,1H3,(H2,31,32,33,34,39)/t16?,19-,20-,21?/m0/s1. The van der Waals surface area contributed by atoms with Gasteiger partial charge in [-0.05, 0) is 62.6 Å². The number of pyridine rings is 1. The molecule has 0 unspecified atom stereocenters. The van der Waals surface area contributed by atoms with E-state index in [9.17, 15) is 14.3 Å². The summed E-state index contributed by atoms with van der Waals surface area (Å²) in [5.74, 6) is 0.280. The highest BCUT2D eigenvalue weighted by Crippen LogP contribution is 2.34. The van der Waals surface area contributed by atoms with E-state index in [-0.39, 0.29) is 35.1 Å². The molecule has 1 aliphatic carbocycles. The van der Waals surface area contributed by atoms with E-state index in [4.69, 9.17) is 16.3 Å². The van der Waals surface area contributed by atoms with E-state index in [1.165, 1.54) is 18.2 Å². The van der Waals surface area contributed by atoms with Gasteiger partial charge in [-0.1, -0.05) is 11.6 Å². The molecular formula is C28H31ClFN7O3. The number of piperazine rings is 1. The number of carbonyl (C=O) groups excluding carboxylic acids is 1. The number of aliphatic hydroxyl groups excluding tert-OH is 1. The van der Waals surface area contributed by atoms with Crippen molar-refractivity contribution in [1.82, 2.24) is 25.0 Å². The molecule has 2 atom stereocenters. The number of hydrogen-bond acceptors (Lipinski definition) is 9. The Hall–Kier alpha value is -3.38. The molecule has 2 aromatic heterocycles. The minimum Gasteiger partial charge on any atom is -0.475 e. The molecule has 3 aliphatic rings. The van der Waals surface area contributed by atoms with Crippen LogP contribution in [-0.4, -0.2) is 87.5 Å². The highest BCUT2D eigenvalue weighted by Gasteiger charge is 2.41. The molecule has 40 heavy (non-hydrogen) atoms. The van der Waals surface area contributed by atoms with Gasteiger partial charge < -0.3 is 25.4 Å². The summed E-state index contributed by atoms with van der Waals surface area (Å²) in [4.78, 5) is 21.7. The van der Waals surface area contributed by atoms with E-state index >= 15 is 0 Å². The maximum atomic E-state index is 14.6. The number of rotatable bonds is 9. The second kappa shape index (κ2) is 11.2.